The summed E-state index contributed by atoms with van der Waals surface area (Å²) in [5.41, 5.74) is 3.62. The molecule has 5 fully saturated rings. The molecule has 260 valence electrons. The summed E-state index contributed by atoms with van der Waals surface area (Å²) in [5.74, 6) is 1.73. The molecule has 0 unspecified atom stereocenters. The fourth-order valence-corrected chi connectivity index (χ4v) is 10.9. The van der Waals surface area contributed by atoms with Gasteiger partial charge < -0.3 is 10.2 Å². The average Bonchev–Trinajstić information content (AvgIpc) is 3.58. The van der Waals surface area contributed by atoms with Crippen LogP contribution in [-0.2, 0) is 38.0 Å². The van der Waals surface area contributed by atoms with Gasteiger partial charge in [-0.3, -0.25) is 13.9 Å². The number of carbonyl (C=O) groups is 2. The predicted molar refractivity (Wildman–Crippen MR) is 195 cm³/mol. The van der Waals surface area contributed by atoms with Crippen LogP contribution in [0.15, 0.2) is 78.9 Å². The molecule has 8 rings (SSSR count). The fourth-order valence-electron chi connectivity index (χ4n) is 9.81. The van der Waals surface area contributed by atoms with Crippen molar-refractivity contribution in [2.45, 2.75) is 94.7 Å². The number of amides is 2. The van der Waals surface area contributed by atoms with Gasteiger partial charge in [-0.2, -0.15) is 0 Å². The number of rotatable bonds is 12. The van der Waals surface area contributed by atoms with Crippen LogP contribution in [0.2, 0.25) is 5.02 Å². The van der Waals surface area contributed by atoms with Crippen LogP contribution in [0, 0.1) is 17.8 Å². The van der Waals surface area contributed by atoms with Crippen molar-refractivity contribution in [3.8, 4) is 0 Å². The number of anilines is 1. The Balaban J connectivity index is 1.19. The van der Waals surface area contributed by atoms with E-state index < -0.39 is 28.5 Å². The molecule has 0 saturated heterocycles. The maximum Gasteiger partial charge on any atom is 0.244 e. The summed E-state index contributed by atoms with van der Waals surface area (Å²) >= 11 is 6.36. The molecule has 0 aromatic heterocycles. The fraction of sp³-hybridized carbons (Fsp3) is 0.500. The molecule has 3 aromatic rings. The van der Waals surface area contributed by atoms with Crippen LogP contribution in [-0.4, -0.2) is 50.0 Å². The summed E-state index contributed by atoms with van der Waals surface area (Å²) in [6, 6.07) is 24.1. The molecule has 0 aliphatic heterocycles. The van der Waals surface area contributed by atoms with Gasteiger partial charge in [0, 0.05) is 24.0 Å². The van der Waals surface area contributed by atoms with Crippen LogP contribution < -0.4 is 9.62 Å². The van der Waals surface area contributed by atoms with Gasteiger partial charge in [0.2, 0.25) is 21.8 Å². The van der Waals surface area contributed by atoms with Crippen molar-refractivity contribution in [2.75, 3.05) is 17.1 Å². The van der Waals surface area contributed by atoms with Crippen LogP contribution >= 0.6 is 11.6 Å². The van der Waals surface area contributed by atoms with Crippen molar-refractivity contribution < 1.29 is 18.0 Å². The number of benzene rings is 3. The normalized spacial score (nSPS) is 25.2. The Kier molecular flexibility index (Phi) is 9.82. The number of sulfonamides is 1. The SMILES string of the molecule is CS(=O)(=O)N(CC(=O)N(Cc1cccc(Cl)c1)[C@@H](Cc1ccccc1)C(=O)NC1CCCC1)c1ccc(C23CC4CC(CC(C4)C2)C3)cc1. The molecule has 0 spiro atoms. The molecule has 49 heavy (non-hydrogen) atoms. The minimum absolute atomic E-state index is 0.0638. The third-order valence-electron chi connectivity index (χ3n) is 11.7. The molecule has 7 nitrogen and oxygen atoms in total. The summed E-state index contributed by atoms with van der Waals surface area (Å²) < 4.78 is 28.0. The van der Waals surface area contributed by atoms with Crippen molar-refractivity contribution in [3.63, 3.8) is 0 Å². The number of nitrogens with one attached hydrogen (secondary N) is 1. The first kappa shape index (κ1) is 34.1. The van der Waals surface area contributed by atoms with E-state index in [2.05, 4.69) is 17.4 Å². The van der Waals surface area contributed by atoms with Crippen molar-refractivity contribution in [1.29, 1.82) is 0 Å². The van der Waals surface area contributed by atoms with Crippen molar-refractivity contribution in [2.24, 2.45) is 17.8 Å². The molecule has 1 N–H and O–H groups in total. The summed E-state index contributed by atoms with van der Waals surface area (Å²) in [6.07, 6.45) is 13.1. The Morgan fingerprint density at radius 2 is 1.47 bits per heavy atom. The Hall–Kier alpha value is -3.36. The second kappa shape index (κ2) is 14.1. The maximum atomic E-state index is 14.5. The maximum absolute atomic E-state index is 14.5. The highest BCUT2D eigenvalue weighted by atomic mass is 35.5. The first-order valence-corrected chi connectivity index (χ1v) is 20.2. The summed E-state index contributed by atoms with van der Waals surface area (Å²) in [4.78, 5) is 30.2. The van der Waals surface area contributed by atoms with E-state index in [1.165, 1.54) is 48.4 Å². The van der Waals surface area contributed by atoms with Gasteiger partial charge in [-0.15, -0.1) is 0 Å². The minimum Gasteiger partial charge on any atom is -0.352 e. The largest absolute Gasteiger partial charge is 0.352 e. The quantitative estimate of drug-likeness (QED) is 0.215. The number of hydrogen-bond acceptors (Lipinski definition) is 4. The molecule has 5 aliphatic rings. The van der Waals surface area contributed by atoms with Gasteiger partial charge in [0.05, 0.1) is 11.9 Å². The summed E-state index contributed by atoms with van der Waals surface area (Å²) in [7, 11) is -3.84. The van der Waals surface area contributed by atoms with Gasteiger partial charge in [-0.25, -0.2) is 8.42 Å². The molecule has 1 atom stereocenters. The molecular formula is C40H48ClN3O4S. The lowest BCUT2D eigenvalue weighted by Gasteiger charge is -2.57. The third-order valence-corrected chi connectivity index (χ3v) is 13.1. The van der Waals surface area contributed by atoms with E-state index in [4.69, 9.17) is 11.6 Å². The van der Waals surface area contributed by atoms with Gasteiger partial charge in [0.15, 0.2) is 0 Å². The zero-order valence-corrected chi connectivity index (χ0v) is 30.0. The standard InChI is InChI=1S/C40H48ClN3O4S/c1-49(47,48)44(36-16-14-33(15-17-36)40-23-30-18-31(24-40)20-32(19-30)25-40)27-38(45)43(26-29-10-7-11-34(41)21-29)37(22-28-8-3-2-4-9-28)39(46)42-35-12-5-6-13-35/h2-4,7-11,14-17,21,30-32,35,37H,5-6,12-13,18-20,22-27H2,1H3,(H,42,46)/t30?,31?,32?,37-,40?/m0/s1. The average molecular weight is 702 g/mol. The van der Waals surface area contributed by atoms with E-state index in [9.17, 15) is 18.0 Å². The van der Waals surface area contributed by atoms with Gasteiger partial charge >= 0.3 is 0 Å². The van der Waals surface area contributed by atoms with Crippen molar-refractivity contribution in [1.82, 2.24) is 10.2 Å². The molecule has 9 heteroatoms. The Labute approximate surface area is 296 Å². The highest BCUT2D eigenvalue weighted by Crippen LogP contribution is 2.60. The first-order valence-electron chi connectivity index (χ1n) is 18.0. The summed E-state index contributed by atoms with van der Waals surface area (Å²) in [5, 5.41) is 3.74. The molecule has 5 aliphatic carbocycles. The Morgan fingerprint density at radius 1 is 0.857 bits per heavy atom. The van der Waals surface area contributed by atoms with E-state index in [1.807, 2.05) is 54.6 Å². The van der Waals surface area contributed by atoms with E-state index >= 15 is 0 Å². The molecular weight excluding hydrogens is 654 g/mol. The lowest BCUT2D eigenvalue weighted by Crippen LogP contribution is -2.54. The predicted octanol–water partition coefficient (Wildman–Crippen LogP) is 7.27. The van der Waals surface area contributed by atoms with Gasteiger partial charge in [-0.05, 0) is 115 Å². The van der Waals surface area contributed by atoms with Gasteiger partial charge in [0.1, 0.15) is 12.6 Å². The summed E-state index contributed by atoms with van der Waals surface area (Å²) in [6.45, 7) is -0.310. The highest BCUT2D eigenvalue weighted by Gasteiger charge is 2.51. The Bertz CT molecular complexity index is 1720. The molecule has 0 radical (unpaired) electrons. The number of halogens is 1. The minimum atomic E-state index is -3.84. The lowest BCUT2D eigenvalue weighted by atomic mass is 9.48. The van der Waals surface area contributed by atoms with Crippen LogP contribution in [0.25, 0.3) is 0 Å². The molecule has 2 amide bonds. The van der Waals surface area contributed by atoms with E-state index in [0.29, 0.717) is 17.1 Å². The lowest BCUT2D eigenvalue weighted by molar-refractivity contribution is -0.140. The topological polar surface area (TPSA) is 86.8 Å². The second-order valence-corrected chi connectivity index (χ2v) is 17.7. The van der Waals surface area contributed by atoms with Crippen LogP contribution in [0.3, 0.4) is 0 Å². The smallest absolute Gasteiger partial charge is 0.244 e. The third kappa shape index (κ3) is 7.70. The van der Waals surface area contributed by atoms with Gasteiger partial charge in [0.25, 0.3) is 0 Å². The van der Waals surface area contributed by atoms with E-state index in [0.717, 1.165) is 60.8 Å². The zero-order valence-electron chi connectivity index (χ0n) is 28.4. The number of hydrogen-bond donors (Lipinski definition) is 1. The molecule has 5 saturated carbocycles. The monoisotopic (exact) mass is 701 g/mol. The molecule has 0 heterocycles. The second-order valence-electron chi connectivity index (χ2n) is 15.4. The van der Waals surface area contributed by atoms with Crippen molar-refractivity contribution >= 4 is 39.1 Å². The molecule has 3 aromatic carbocycles. The van der Waals surface area contributed by atoms with Crippen LogP contribution in [0.1, 0.15) is 80.9 Å². The van der Waals surface area contributed by atoms with Crippen LogP contribution in [0.4, 0.5) is 5.69 Å². The number of nitrogens with zero attached hydrogens (tertiary/aromatic N) is 2. The Morgan fingerprint density at radius 3 is 2.06 bits per heavy atom. The van der Waals surface area contributed by atoms with E-state index in [-0.39, 0.29) is 23.9 Å². The van der Waals surface area contributed by atoms with Crippen molar-refractivity contribution in [3.05, 3.63) is 101 Å². The highest BCUT2D eigenvalue weighted by molar-refractivity contribution is 7.92. The first-order chi connectivity index (χ1) is 23.5. The van der Waals surface area contributed by atoms with Gasteiger partial charge in [-0.1, -0.05) is 79.0 Å². The zero-order chi connectivity index (χ0) is 34.2. The van der Waals surface area contributed by atoms with E-state index in [1.54, 1.807) is 17.0 Å². The molecule has 4 bridgehead atoms. The number of carbonyl (C=O) groups excluding carboxylic acids is 2. The van der Waals surface area contributed by atoms with Crippen LogP contribution in [0.5, 0.6) is 0 Å².